The van der Waals surface area contributed by atoms with Gasteiger partial charge in [0.05, 0.1) is 13.2 Å². The highest BCUT2D eigenvalue weighted by molar-refractivity contribution is 5.62. The zero-order chi connectivity index (χ0) is 14.2. The van der Waals surface area contributed by atoms with Crippen LogP contribution in [0.1, 0.15) is 5.56 Å². The number of hydrogen-bond donors (Lipinski definition) is 1. The molecular weight excluding hydrogens is 268 g/mol. The summed E-state index contributed by atoms with van der Waals surface area (Å²) in [7, 11) is 2.07. The van der Waals surface area contributed by atoms with E-state index in [4.69, 9.17) is 4.74 Å². The maximum atomic E-state index is 5.35. The Balaban J connectivity index is 1.61. The summed E-state index contributed by atoms with van der Waals surface area (Å²) in [5.74, 6) is 2.60. The lowest BCUT2D eigenvalue weighted by molar-refractivity contribution is 0.122. The van der Waals surface area contributed by atoms with Crippen LogP contribution < -0.4 is 9.80 Å². The molecule has 1 saturated heterocycles. The molecule has 7 heteroatoms. The number of rotatable bonds is 2. The molecule has 0 aliphatic carbocycles. The standard InChI is InChI=1S/C14H18N6O/c1-19-3-2-10-8-11(9-15-13(10)19)12-16-14(18-17-12)20-4-6-21-7-5-20/h8-9H,2-7H2,1H3,(H,16,17,18). The number of pyridine rings is 1. The van der Waals surface area contributed by atoms with E-state index in [-0.39, 0.29) is 0 Å². The predicted octanol–water partition coefficient (Wildman–Crippen LogP) is 0.696. The van der Waals surface area contributed by atoms with E-state index >= 15 is 0 Å². The van der Waals surface area contributed by atoms with E-state index in [1.54, 1.807) is 0 Å². The summed E-state index contributed by atoms with van der Waals surface area (Å²) in [6.45, 7) is 4.17. The fourth-order valence-corrected chi connectivity index (χ4v) is 2.84. The van der Waals surface area contributed by atoms with Crippen LogP contribution in [0, 0.1) is 0 Å². The highest BCUT2D eigenvalue weighted by Crippen LogP contribution is 2.28. The van der Waals surface area contributed by atoms with Crippen molar-refractivity contribution in [3.8, 4) is 11.4 Å². The Morgan fingerprint density at radius 3 is 2.95 bits per heavy atom. The summed E-state index contributed by atoms with van der Waals surface area (Å²) < 4.78 is 5.35. The summed E-state index contributed by atoms with van der Waals surface area (Å²) in [5.41, 5.74) is 2.27. The minimum absolute atomic E-state index is 0.733. The van der Waals surface area contributed by atoms with Gasteiger partial charge in [0.1, 0.15) is 5.82 Å². The molecule has 110 valence electrons. The lowest BCUT2D eigenvalue weighted by Gasteiger charge is -2.25. The molecule has 0 amide bonds. The number of morpholine rings is 1. The fourth-order valence-electron chi connectivity index (χ4n) is 2.84. The quantitative estimate of drug-likeness (QED) is 0.876. The Hall–Kier alpha value is -2.15. The van der Waals surface area contributed by atoms with E-state index < -0.39 is 0 Å². The Kier molecular flexibility index (Phi) is 2.99. The van der Waals surface area contributed by atoms with Crippen molar-refractivity contribution in [1.82, 2.24) is 20.2 Å². The third-order valence-corrected chi connectivity index (χ3v) is 4.06. The number of hydrogen-bond acceptors (Lipinski definition) is 6. The first kappa shape index (κ1) is 12.6. The van der Waals surface area contributed by atoms with E-state index in [0.717, 1.165) is 62.4 Å². The van der Waals surface area contributed by atoms with E-state index in [0.29, 0.717) is 0 Å². The first-order chi connectivity index (χ1) is 10.3. The Morgan fingerprint density at radius 2 is 2.10 bits per heavy atom. The van der Waals surface area contributed by atoms with Crippen molar-refractivity contribution in [3.63, 3.8) is 0 Å². The van der Waals surface area contributed by atoms with Crippen molar-refractivity contribution in [2.45, 2.75) is 6.42 Å². The molecule has 2 aliphatic heterocycles. The first-order valence-corrected chi connectivity index (χ1v) is 7.27. The second kappa shape index (κ2) is 5.00. The molecule has 2 aliphatic rings. The van der Waals surface area contributed by atoms with Crippen LogP contribution in [0.25, 0.3) is 11.4 Å². The van der Waals surface area contributed by atoms with Crippen LogP contribution in [0.2, 0.25) is 0 Å². The Labute approximate surface area is 123 Å². The molecule has 0 bridgehead atoms. The van der Waals surface area contributed by atoms with Crippen molar-refractivity contribution in [3.05, 3.63) is 17.8 Å². The molecule has 0 aromatic carbocycles. The van der Waals surface area contributed by atoms with Crippen LogP contribution in [0.15, 0.2) is 12.3 Å². The van der Waals surface area contributed by atoms with Gasteiger partial charge in [-0.05, 0) is 18.1 Å². The van der Waals surface area contributed by atoms with Gasteiger partial charge in [-0.15, -0.1) is 5.10 Å². The number of anilines is 2. The Morgan fingerprint density at radius 1 is 1.24 bits per heavy atom. The van der Waals surface area contributed by atoms with Crippen LogP contribution >= 0.6 is 0 Å². The SMILES string of the molecule is CN1CCc2cc(-c3nc(N4CCOCC4)n[nH]3)cnc21. The number of fused-ring (bicyclic) bond motifs is 1. The summed E-state index contributed by atoms with van der Waals surface area (Å²) in [5, 5.41) is 7.35. The van der Waals surface area contributed by atoms with Gasteiger partial charge in [0.2, 0.25) is 5.95 Å². The van der Waals surface area contributed by atoms with Gasteiger partial charge < -0.3 is 14.5 Å². The van der Waals surface area contributed by atoms with Gasteiger partial charge >= 0.3 is 0 Å². The average molecular weight is 286 g/mol. The van der Waals surface area contributed by atoms with E-state index in [9.17, 15) is 0 Å². The maximum Gasteiger partial charge on any atom is 0.245 e. The van der Waals surface area contributed by atoms with Crippen LogP contribution in [0.3, 0.4) is 0 Å². The fraction of sp³-hybridized carbons (Fsp3) is 0.500. The van der Waals surface area contributed by atoms with Gasteiger partial charge in [0.25, 0.3) is 0 Å². The molecular formula is C14H18N6O. The molecule has 7 nitrogen and oxygen atoms in total. The molecule has 4 rings (SSSR count). The molecule has 1 N–H and O–H groups in total. The zero-order valence-electron chi connectivity index (χ0n) is 12.0. The largest absolute Gasteiger partial charge is 0.378 e. The monoisotopic (exact) mass is 286 g/mol. The van der Waals surface area contributed by atoms with Crippen molar-refractivity contribution in [1.29, 1.82) is 0 Å². The van der Waals surface area contributed by atoms with Gasteiger partial charge in [-0.25, -0.2) is 4.98 Å². The molecule has 0 saturated carbocycles. The van der Waals surface area contributed by atoms with Crippen LogP contribution in [-0.4, -0.2) is 60.1 Å². The number of nitrogens with zero attached hydrogens (tertiary/aromatic N) is 5. The van der Waals surface area contributed by atoms with E-state index in [1.807, 2.05) is 6.20 Å². The number of likely N-dealkylation sites (N-methyl/N-ethyl adjacent to an activating group) is 1. The van der Waals surface area contributed by atoms with Gasteiger partial charge in [-0.3, -0.25) is 5.10 Å². The summed E-state index contributed by atoms with van der Waals surface area (Å²) >= 11 is 0. The van der Waals surface area contributed by atoms with Gasteiger partial charge in [-0.2, -0.15) is 4.98 Å². The summed E-state index contributed by atoms with van der Waals surface area (Å²) in [6.07, 6.45) is 2.90. The lowest BCUT2D eigenvalue weighted by Crippen LogP contribution is -2.36. The van der Waals surface area contributed by atoms with Gasteiger partial charge in [0.15, 0.2) is 5.82 Å². The van der Waals surface area contributed by atoms with Crippen molar-refractivity contribution >= 4 is 11.8 Å². The normalized spacial score (nSPS) is 18.1. The van der Waals surface area contributed by atoms with Crippen molar-refractivity contribution < 1.29 is 4.74 Å². The van der Waals surface area contributed by atoms with Crippen LogP contribution in [0.5, 0.6) is 0 Å². The molecule has 21 heavy (non-hydrogen) atoms. The maximum absolute atomic E-state index is 5.35. The molecule has 0 unspecified atom stereocenters. The number of ether oxygens (including phenoxy) is 1. The minimum Gasteiger partial charge on any atom is -0.378 e. The third-order valence-electron chi connectivity index (χ3n) is 4.06. The third kappa shape index (κ3) is 2.23. The molecule has 2 aromatic rings. The summed E-state index contributed by atoms with van der Waals surface area (Å²) in [4.78, 5) is 13.5. The number of nitrogens with one attached hydrogen (secondary N) is 1. The van der Waals surface area contributed by atoms with Crippen molar-refractivity contribution in [2.75, 3.05) is 49.7 Å². The number of H-pyrrole nitrogens is 1. The average Bonchev–Trinajstić information content (AvgIpc) is 3.15. The smallest absolute Gasteiger partial charge is 0.245 e. The molecule has 4 heterocycles. The molecule has 0 atom stereocenters. The zero-order valence-corrected chi connectivity index (χ0v) is 12.0. The van der Waals surface area contributed by atoms with Gasteiger partial charge in [-0.1, -0.05) is 0 Å². The lowest BCUT2D eigenvalue weighted by atomic mass is 10.1. The molecule has 0 radical (unpaired) electrons. The highest BCUT2D eigenvalue weighted by Gasteiger charge is 2.20. The molecule has 2 aromatic heterocycles. The summed E-state index contributed by atoms with van der Waals surface area (Å²) in [6, 6.07) is 2.16. The van der Waals surface area contributed by atoms with E-state index in [2.05, 4.69) is 43.1 Å². The van der Waals surface area contributed by atoms with E-state index in [1.165, 1.54) is 5.56 Å². The number of aromatic nitrogens is 4. The second-order valence-electron chi connectivity index (χ2n) is 5.46. The van der Waals surface area contributed by atoms with Crippen LogP contribution in [-0.2, 0) is 11.2 Å². The predicted molar refractivity (Wildman–Crippen MR) is 79.6 cm³/mol. The van der Waals surface area contributed by atoms with Crippen LogP contribution in [0.4, 0.5) is 11.8 Å². The second-order valence-corrected chi connectivity index (χ2v) is 5.46. The number of aromatic amines is 1. The highest BCUT2D eigenvalue weighted by atomic mass is 16.5. The molecule has 1 fully saturated rings. The Bertz CT molecular complexity index is 649. The topological polar surface area (TPSA) is 70.2 Å². The molecule has 0 spiro atoms. The van der Waals surface area contributed by atoms with Crippen molar-refractivity contribution in [2.24, 2.45) is 0 Å². The van der Waals surface area contributed by atoms with Gasteiger partial charge in [0, 0.05) is 38.4 Å². The first-order valence-electron chi connectivity index (χ1n) is 7.27. The minimum atomic E-state index is 0.733.